The number of carbonyl (C=O) groups is 2. The monoisotopic (exact) mass is 444 g/mol. The van der Waals surface area contributed by atoms with Gasteiger partial charge >= 0.3 is 12.2 Å². The highest BCUT2D eigenvalue weighted by atomic mass is 16.6. The Hall–Kier alpha value is -2.70. The number of carbonyl (C=O) groups excluding carboxylic acids is 2. The van der Waals surface area contributed by atoms with Gasteiger partial charge in [-0.25, -0.2) is 9.59 Å². The number of piperidine rings is 1. The fraction of sp³-hybridized carbons (Fsp3) is 0.600. The van der Waals surface area contributed by atoms with E-state index in [-0.39, 0.29) is 18.8 Å². The fourth-order valence-corrected chi connectivity index (χ4v) is 4.02. The molecular formula is C25H36N2O5. The summed E-state index contributed by atoms with van der Waals surface area (Å²) in [7, 11) is 0. The third-order valence-corrected chi connectivity index (χ3v) is 5.81. The van der Waals surface area contributed by atoms with E-state index >= 15 is 0 Å². The second-order valence-electron chi connectivity index (χ2n) is 9.50. The van der Waals surface area contributed by atoms with Crippen LogP contribution in [-0.2, 0) is 22.3 Å². The topological polar surface area (TPSA) is 68.3 Å². The first-order chi connectivity index (χ1) is 15.2. The third-order valence-electron chi connectivity index (χ3n) is 5.81. The number of fused-ring (bicyclic) bond motifs is 1. The predicted octanol–water partition coefficient (Wildman–Crippen LogP) is 4.44. The van der Waals surface area contributed by atoms with Crippen molar-refractivity contribution in [2.24, 2.45) is 5.92 Å². The van der Waals surface area contributed by atoms with Crippen molar-refractivity contribution in [1.29, 1.82) is 0 Å². The number of likely N-dealkylation sites (tertiary alicyclic amines) is 1. The van der Waals surface area contributed by atoms with Crippen LogP contribution < -0.4 is 4.74 Å². The molecule has 2 aliphatic heterocycles. The number of benzene rings is 1. The van der Waals surface area contributed by atoms with Crippen molar-refractivity contribution in [1.82, 2.24) is 9.80 Å². The quantitative estimate of drug-likeness (QED) is 0.628. The van der Waals surface area contributed by atoms with Crippen LogP contribution in [0.2, 0.25) is 0 Å². The van der Waals surface area contributed by atoms with E-state index in [1.54, 1.807) is 15.9 Å². The minimum absolute atomic E-state index is 0.246. The van der Waals surface area contributed by atoms with Crippen LogP contribution in [0.25, 0.3) is 0 Å². The van der Waals surface area contributed by atoms with Crippen molar-refractivity contribution >= 4 is 12.2 Å². The van der Waals surface area contributed by atoms with Gasteiger partial charge in [-0.3, -0.25) is 0 Å². The van der Waals surface area contributed by atoms with Gasteiger partial charge in [-0.05, 0) is 75.6 Å². The van der Waals surface area contributed by atoms with E-state index < -0.39 is 5.60 Å². The Balaban J connectivity index is 1.47. The van der Waals surface area contributed by atoms with Crippen LogP contribution in [0.15, 0.2) is 30.9 Å². The van der Waals surface area contributed by atoms with E-state index in [1.807, 2.05) is 26.8 Å². The van der Waals surface area contributed by atoms with Crippen LogP contribution in [0, 0.1) is 5.92 Å². The number of hydrogen-bond donors (Lipinski definition) is 0. The van der Waals surface area contributed by atoms with E-state index in [4.69, 9.17) is 14.2 Å². The summed E-state index contributed by atoms with van der Waals surface area (Å²) in [5.74, 6) is 1.28. The molecule has 0 atom stereocenters. The van der Waals surface area contributed by atoms with Crippen molar-refractivity contribution in [3.05, 3.63) is 42.0 Å². The lowest BCUT2D eigenvalue weighted by Gasteiger charge is -2.31. The number of hydrogen-bond acceptors (Lipinski definition) is 5. The lowest BCUT2D eigenvalue weighted by atomic mass is 9.98. The van der Waals surface area contributed by atoms with Gasteiger partial charge in [-0.2, -0.15) is 0 Å². The van der Waals surface area contributed by atoms with E-state index in [1.165, 1.54) is 11.1 Å². The summed E-state index contributed by atoms with van der Waals surface area (Å²) in [6, 6.07) is 6.24. The Bertz CT molecular complexity index is 809. The first-order valence-electron chi connectivity index (χ1n) is 11.5. The molecule has 2 heterocycles. The molecule has 2 amide bonds. The molecule has 0 bridgehead atoms. The molecule has 1 saturated heterocycles. The van der Waals surface area contributed by atoms with Gasteiger partial charge in [0.25, 0.3) is 0 Å². The zero-order valence-electron chi connectivity index (χ0n) is 19.6. The van der Waals surface area contributed by atoms with E-state index in [2.05, 4.69) is 18.7 Å². The van der Waals surface area contributed by atoms with Crippen LogP contribution in [0.5, 0.6) is 5.75 Å². The minimum atomic E-state index is -0.487. The summed E-state index contributed by atoms with van der Waals surface area (Å²) in [5, 5.41) is 0. The van der Waals surface area contributed by atoms with Crippen LogP contribution in [0.1, 0.15) is 44.7 Å². The smallest absolute Gasteiger partial charge is 0.410 e. The van der Waals surface area contributed by atoms with Gasteiger partial charge in [-0.1, -0.05) is 18.7 Å². The highest BCUT2D eigenvalue weighted by Crippen LogP contribution is 2.25. The van der Waals surface area contributed by atoms with Crippen molar-refractivity contribution in [3.63, 3.8) is 0 Å². The standard InChI is InChI=1S/C25H36N2O5/c1-5-16-30-23(28)26-12-8-19(9-13-26)18-31-22-7-6-20-10-14-27(15-11-21(20)17-22)24(29)32-25(2,3)4/h5-7,17,19H,1,8-16,18H2,2-4H3. The van der Waals surface area contributed by atoms with E-state index in [0.717, 1.165) is 31.4 Å². The number of ether oxygens (including phenoxy) is 3. The minimum Gasteiger partial charge on any atom is -0.493 e. The molecule has 3 rings (SSSR count). The van der Waals surface area contributed by atoms with E-state index in [9.17, 15) is 9.59 Å². The summed E-state index contributed by atoms with van der Waals surface area (Å²) in [6.45, 7) is 12.8. The highest BCUT2D eigenvalue weighted by molar-refractivity contribution is 5.68. The van der Waals surface area contributed by atoms with Crippen molar-refractivity contribution in [2.45, 2.75) is 52.1 Å². The molecule has 0 spiro atoms. The molecular weight excluding hydrogens is 408 g/mol. The summed E-state index contributed by atoms with van der Waals surface area (Å²) < 4.78 is 16.7. The third kappa shape index (κ3) is 6.90. The van der Waals surface area contributed by atoms with Crippen LogP contribution in [0.3, 0.4) is 0 Å². The van der Waals surface area contributed by atoms with Crippen LogP contribution >= 0.6 is 0 Å². The summed E-state index contributed by atoms with van der Waals surface area (Å²) in [4.78, 5) is 27.9. The number of rotatable bonds is 5. The molecule has 0 unspecified atom stereocenters. The molecule has 2 aliphatic rings. The van der Waals surface area contributed by atoms with Crippen LogP contribution in [0.4, 0.5) is 9.59 Å². The molecule has 1 aromatic rings. The normalized spacial score (nSPS) is 17.2. The van der Waals surface area contributed by atoms with Crippen molar-refractivity contribution < 1.29 is 23.8 Å². The van der Waals surface area contributed by atoms with Gasteiger partial charge in [0.1, 0.15) is 18.0 Å². The molecule has 32 heavy (non-hydrogen) atoms. The Labute approximate surface area is 191 Å². The van der Waals surface area contributed by atoms with Gasteiger partial charge in [0.15, 0.2) is 0 Å². The van der Waals surface area contributed by atoms with Gasteiger partial charge in [-0.15, -0.1) is 0 Å². The number of amides is 2. The molecule has 7 heteroatoms. The maximum Gasteiger partial charge on any atom is 0.410 e. The van der Waals surface area contributed by atoms with Crippen molar-refractivity contribution in [3.8, 4) is 5.75 Å². The van der Waals surface area contributed by atoms with Gasteiger partial charge in [0, 0.05) is 26.2 Å². The number of nitrogens with zero attached hydrogens (tertiary/aromatic N) is 2. The van der Waals surface area contributed by atoms with Gasteiger partial charge in [0.05, 0.1) is 6.61 Å². The lowest BCUT2D eigenvalue weighted by Crippen LogP contribution is -2.40. The zero-order valence-corrected chi connectivity index (χ0v) is 19.6. The molecule has 176 valence electrons. The van der Waals surface area contributed by atoms with Crippen LogP contribution in [-0.4, -0.2) is 67.0 Å². The summed E-state index contributed by atoms with van der Waals surface area (Å²) in [5.41, 5.74) is 2.00. The molecule has 0 radical (unpaired) electrons. The molecule has 7 nitrogen and oxygen atoms in total. The molecule has 0 N–H and O–H groups in total. The first-order valence-corrected chi connectivity index (χ1v) is 11.5. The van der Waals surface area contributed by atoms with Gasteiger partial charge < -0.3 is 24.0 Å². The average Bonchev–Trinajstić information content (AvgIpc) is 2.97. The zero-order chi connectivity index (χ0) is 23.1. The largest absolute Gasteiger partial charge is 0.493 e. The second-order valence-corrected chi connectivity index (χ2v) is 9.50. The summed E-state index contributed by atoms with van der Waals surface area (Å²) in [6.07, 6.45) is 4.47. The fourth-order valence-electron chi connectivity index (χ4n) is 4.02. The van der Waals surface area contributed by atoms with Gasteiger partial charge in [0.2, 0.25) is 0 Å². The Morgan fingerprint density at radius 1 is 1.03 bits per heavy atom. The molecule has 0 saturated carbocycles. The molecule has 1 aromatic carbocycles. The molecule has 1 fully saturated rings. The Morgan fingerprint density at radius 3 is 2.34 bits per heavy atom. The molecule has 0 aliphatic carbocycles. The predicted molar refractivity (Wildman–Crippen MR) is 123 cm³/mol. The maximum atomic E-state index is 12.4. The Kier molecular flexibility index (Phi) is 8.04. The second kappa shape index (κ2) is 10.7. The highest BCUT2D eigenvalue weighted by Gasteiger charge is 2.25. The van der Waals surface area contributed by atoms with Crippen molar-refractivity contribution in [2.75, 3.05) is 39.4 Å². The molecule has 0 aromatic heterocycles. The maximum absolute atomic E-state index is 12.4. The lowest BCUT2D eigenvalue weighted by molar-refractivity contribution is 0.0258. The SMILES string of the molecule is C=CCOC(=O)N1CCC(COc2ccc3c(c2)CCN(C(=O)OC(C)(C)C)CC3)CC1. The Morgan fingerprint density at radius 2 is 1.69 bits per heavy atom. The van der Waals surface area contributed by atoms with E-state index in [0.29, 0.717) is 38.7 Å². The average molecular weight is 445 g/mol. The first kappa shape index (κ1) is 24.0. The summed E-state index contributed by atoms with van der Waals surface area (Å²) >= 11 is 0.